The van der Waals surface area contributed by atoms with Gasteiger partial charge in [-0.1, -0.05) is 48.1 Å². The first-order chi connectivity index (χ1) is 7.65. The largest absolute Gasteiger partial charge is 0.0985 e. The molecule has 0 atom stereocenters. The highest BCUT2D eigenvalue weighted by atomic mass is 14.0. The van der Waals surface area contributed by atoms with E-state index in [9.17, 15) is 0 Å². The topological polar surface area (TPSA) is 0 Å². The van der Waals surface area contributed by atoms with E-state index in [1.165, 1.54) is 35.1 Å². The van der Waals surface area contributed by atoms with Gasteiger partial charge in [-0.15, -0.1) is 0 Å². The van der Waals surface area contributed by atoms with Crippen LogP contribution >= 0.6 is 0 Å². The number of hydrogen-bond acceptors (Lipinski definition) is 0. The van der Waals surface area contributed by atoms with Crippen LogP contribution < -0.4 is 0 Å². The van der Waals surface area contributed by atoms with Gasteiger partial charge in [0.2, 0.25) is 0 Å². The van der Waals surface area contributed by atoms with E-state index >= 15 is 0 Å². The van der Waals surface area contributed by atoms with Crippen molar-refractivity contribution in [2.45, 2.75) is 40.0 Å². The highest BCUT2D eigenvalue weighted by molar-refractivity contribution is 5.51. The maximum absolute atomic E-state index is 3.85. The molecule has 0 spiro atoms. The second-order valence-corrected chi connectivity index (χ2v) is 4.54. The molecule has 0 heterocycles. The number of rotatable bonds is 5. The van der Waals surface area contributed by atoms with E-state index in [1.807, 2.05) is 6.08 Å². The van der Waals surface area contributed by atoms with Crippen LogP contribution in [0, 0.1) is 0 Å². The van der Waals surface area contributed by atoms with Crippen LogP contribution in [0.15, 0.2) is 42.0 Å². The lowest BCUT2D eigenvalue weighted by atomic mass is 9.99. The Labute approximate surface area is 99.7 Å². The fourth-order valence-corrected chi connectivity index (χ4v) is 1.76. The third-order valence-corrected chi connectivity index (χ3v) is 3.13. The molecule has 0 aliphatic carbocycles. The van der Waals surface area contributed by atoms with Crippen LogP contribution in [0.2, 0.25) is 0 Å². The Morgan fingerprint density at radius 3 is 2.50 bits per heavy atom. The summed E-state index contributed by atoms with van der Waals surface area (Å²) in [6.07, 6.45) is 5.52. The summed E-state index contributed by atoms with van der Waals surface area (Å²) in [5.41, 5.74) is 5.67. The van der Waals surface area contributed by atoms with Crippen LogP contribution in [-0.4, -0.2) is 0 Å². The lowest BCUT2D eigenvalue weighted by Crippen LogP contribution is -1.90. The predicted molar refractivity (Wildman–Crippen MR) is 73.5 cm³/mol. The molecule has 0 saturated heterocycles. The molecule has 0 saturated carbocycles. The van der Waals surface area contributed by atoms with Gasteiger partial charge in [0.25, 0.3) is 0 Å². The first-order valence-corrected chi connectivity index (χ1v) is 5.98. The molecule has 0 aliphatic rings. The Hall–Kier alpha value is -1.30. The zero-order valence-electron chi connectivity index (χ0n) is 10.7. The van der Waals surface area contributed by atoms with Crippen LogP contribution in [-0.2, 0) is 6.42 Å². The molecule has 16 heavy (non-hydrogen) atoms. The quantitative estimate of drug-likeness (QED) is 0.604. The smallest absolute Gasteiger partial charge is 0.0230 e. The molecule has 0 radical (unpaired) electrons. The summed E-state index contributed by atoms with van der Waals surface area (Å²) in [4.78, 5) is 0. The minimum absolute atomic E-state index is 1.15. The molecule has 1 aromatic carbocycles. The highest BCUT2D eigenvalue weighted by Crippen LogP contribution is 2.16. The number of allylic oxidation sites excluding steroid dienone is 2. The molecule has 0 heteroatoms. The van der Waals surface area contributed by atoms with Crippen molar-refractivity contribution in [3.63, 3.8) is 0 Å². The summed E-state index contributed by atoms with van der Waals surface area (Å²) in [6, 6.07) is 8.52. The molecular formula is C16H22. The normalized spacial score (nSPS) is 9.94. The fourth-order valence-electron chi connectivity index (χ4n) is 1.76. The maximum Gasteiger partial charge on any atom is -0.0230 e. The molecule has 0 aliphatic heterocycles. The van der Waals surface area contributed by atoms with Crippen LogP contribution in [0.1, 0.15) is 44.7 Å². The maximum atomic E-state index is 3.85. The Morgan fingerprint density at radius 1 is 1.19 bits per heavy atom. The number of aryl methyl sites for hydroxylation is 1. The lowest BCUT2D eigenvalue weighted by Gasteiger charge is -2.07. The Kier molecular flexibility index (Phi) is 5.04. The summed E-state index contributed by atoms with van der Waals surface area (Å²) in [6.45, 7) is 10.5. The minimum Gasteiger partial charge on any atom is -0.0985 e. The van der Waals surface area contributed by atoms with Gasteiger partial charge in [-0.3, -0.25) is 0 Å². The van der Waals surface area contributed by atoms with Crippen LogP contribution in [0.3, 0.4) is 0 Å². The fraction of sp³-hybridized carbons (Fsp3) is 0.375. The van der Waals surface area contributed by atoms with Crippen molar-refractivity contribution in [2.24, 2.45) is 0 Å². The average Bonchev–Trinajstić information content (AvgIpc) is 2.29. The predicted octanol–water partition coefficient (Wildman–Crippen LogP) is 5.01. The van der Waals surface area contributed by atoms with E-state index in [0.717, 1.165) is 6.42 Å². The summed E-state index contributed by atoms with van der Waals surface area (Å²) in [5, 5.41) is 0. The van der Waals surface area contributed by atoms with E-state index in [-0.39, 0.29) is 0 Å². The monoisotopic (exact) mass is 214 g/mol. The lowest BCUT2D eigenvalue weighted by molar-refractivity contribution is 0.802. The van der Waals surface area contributed by atoms with Gasteiger partial charge in [-0.25, -0.2) is 0 Å². The van der Waals surface area contributed by atoms with Crippen molar-refractivity contribution in [1.82, 2.24) is 0 Å². The molecule has 0 bridgehead atoms. The summed E-state index contributed by atoms with van der Waals surface area (Å²) in [5.74, 6) is 0. The SMILES string of the molecule is C=Cc1ccccc1CCCC(C)=C(C)C. The van der Waals surface area contributed by atoms with E-state index in [1.54, 1.807) is 0 Å². The third kappa shape index (κ3) is 3.69. The van der Waals surface area contributed by atoms with Crippen molar-refractivity contribution in [3.8, 4) is 0 Å². The van der Waals surface area contributed by atoms with Crippen molar-refractivity contribution in [3.05, 3.63) is 53.1 Å². The molecule has 1 rings (SSSR count). The van der Waals surface area contributed by atoms with Crippen LogP contribution in [0.4, 0.5) is 0 Å². The van der Waals surface area contributed by atoms with Gasteiger partial charge < -0.3 is 0 Å². The van der Waals surface area contributed by atoms with Crippen LogP contribution in [0.5, 0.6) is 0 Å². The van der Waals surface area contributed by atoms with Crippen molar-refractivity contribution < 1.29 is 0 Å². The first kappa shape index (κ1) is 12.8. The minimum atomic E-state index is 1.15. The molecule has 0 amide bonds. The van der Waals surface area contributed by atoms with Gasteiger partial charge in [0.1, 0.15) is 0 Å². The second-order valence-electron chi connectivity index (χ2n) is 4.54. The zero-order valence-corrected chi connectivity index (χ0v) is 10.7. The van der Waals surface area contributed by atoms with Gasteiger partial charge >= 0.3 is 0 Å². The van der Waals surface area contributed by atoms with E-state index in [2.05, 4.69) is 51.6 Å². The Bertz CT molecular complexity index is 379. The summed E-state index contributed by atoms with van der Waals surface area (Å²) in [7, 11) is 0. The van der Waals surface area contributed by atoms with Crippen molar-refractivity contribution in [2.75, 3.05) is 0 Å². The summed E-state index contributed by atoms with van der Waals surface area (Å²) < 4.78 is 0. The van der Waals surface area contributed by atoms with E-state index in [4.69, 9.17) is 0 Å². The number of hydrogen-bond donors (Lipinski definition) is 0. The van der Waals surface area contributed by atoms with Gasteiger partial charge in [-0.2, -0.15) is 0 Å². The van der Waals surface area contributed by atoms with E-state index in [0.29, 0.717) is 0 Å². The summed E-state index contributed by atoms with van der Waals surface area (Å²) >= 11 is 0. The molecule has 0 aromatic heterocycles. The zero-order chi connectivity index (χ0) is 12.0. The van der Waals surface area contributed by atoms with Gasteiger partial charge in [0.05, 0.1) is 0 Å². The van der Waals surface area contributed by atoms with Gasteiger partial charge in [0, 0.05) is 0 Å². The van der Waals surface area contributed by atoms with E-state index < -0.39 is 0 Å². The molecule has 1 aromatic rings. The molecule has 86 valence electrons. The number of benzene rings is 1. The highest BCUT2D eigenvalue weighted by Gasteiger charge is 1.99. The van der Waals surface area contributed by atoms with Gasteiger partial charge in [-0.05, 0) is 51.2 Å². The van der Waals surface area contributed by atoms with Crippen molar-refractivity contribution in [1.29, 1.82) is 0 Å². The van der Waals surface area contributed by atoms with Crippen LogP contribution in [0.25, 0.3) is 6.08 Å². The Morgan fingerprint density at radius 2 is 1.88 bits per heavy atom. The molecular weight excluding hydrogens is 192 g/mol. The van der Waals surface area contributed by atoms with Crippen molar-refractivity contribution >= 4 is 6.08 Å². The average molecular weight is 214 g/mol. The molecule has 0 N–H and O–H groups in total. The molecule has 0 unspecified atom stereocenters. The first-order valence-electron chi connectivity index (χ1n) is 5.98. The van der Waals surface area contributed by atoms with Gasteiger partial charge in [0.15, 0.2) is 0 Å². The molecule has 0 nitrogen and oxygen atoms in total. The second kappa shape index (κ2) is 6.32. The standard InChI is InChI=1S/C16H22/c1-5-15-10-6-7-11-16(15)12-8-9-14(4)13(2)3/h5-7,10-11H,1,8-9,12H2,2-4H3. The third-order valence-electron chi connectivity index (χ3n) is 3.13. The Balaban J connectivity index is 2.55. The molecule has 0 fully saturated rings.